The van der Waals surface area contributed by atoms with Gasteiger partial charge in [0.05, 0.1) is 0 Å². The Morgan fingerprint density at radius 1 is 0.885 bits per heavy atom. The minimum Gasteiger partial charge on any atom is -0.345 e. The SMILES string of the molecule is CC(C)CN(CC(C)C)C(=O)C(=O)NC(C)C12CC3CC(CC(C3)C1)C2. The van der Waals surface area contributed by atoms with Crippen LogP contribution in [0.5, 0.6) is 0 Å². The van der Waals surface area contributed by atoms with Gasteiger partial charge in [0.2, 0.25) is 0 Å². The highest BCUT2D eigenvalue weighted by atomic mass is 16.2. The van der Waals surface area contributed by atoms with E-state index in [0.29, 0.717) is 24.9 Å². The number of amides is 2. The summed E-state index contributed by atoms with van der Waals surface area (Å²) in [6.45, 7) is 11.8. The summed E-state index contributed by atoms with van der Waals surface area (Å²) in [6.07, 6.45) is 7.93. The second kappa shape index (κ2) is 7.52. The Morgan fingerprint density at radius 2 is 1.31 bits per heavy atom. The van der Waals surface area contributed by atoms with Gasteiger partial charge in [0, 0.05) is 19.1 Å². The number of nitrogens with one attached hydrogen (secondary N) is 1. The van der Waals surface area contributed by atoms with Gasteiger partial charge in [0.25, 0.3) is 0 Å². The third kappa shape index (κ3) is 4.09. The third-order valence-corrected chi connectivity index (χ3v) is 7.00. The summed E-state index contributed by atoms with van der Waals surface area (Å²) in [5.74, 6) is 2.56. The minimum atomic E-state index is -0.394. The van der Waals surface area contributed by atoms with Crippen LogP contribution >= 0.6 is 0 Å². The third-order valence-electron chi connectivity index (χ3n) is 7.00. The van der Waals surface area contributed by atoms with Crippen LogP contribution in [0.4, 0.5) is 0 Å². The zero-order chi connectivity index (χ0) is 19.1. The predicted molar refractivity (Wildman–Crippen MR) is 104 cm³/mol. The molecule has 0 spiro atoms. The molecule has 26 heavy (non-hydrogen) atoms. The van der Waals surface area contributed by atoms with Crippen molar-refractivity contribution in [2.24, 2.45) is 35.0 Å². The summed E-state index contributed by atoms with van der Waals surface area (Å²) in [6, 6.07) is 0.104. The lowest BCUT2D eigenvalue weighted by atomic mass is 9.48. The van der Waals surface area contributed by atoms with E-state index in [2.05, 4.69) is 39.9 Å². The number of rotatable bonds is 6. The number of carbonyl (C=O) groups is 2. The minimum absolute atomic E-state index is 0.104. The van der Waals surface area contributed by atoms with Crippen LogP contribution in [-0.4, -0.2) is 35.8 Å². The van der Waals surface area contributed by atoms with Gasteiger partial charge in [0.15, 0.2) is 0 Å². The second-order valence-corrected chi connectivity index (χ2v) is 10.5. The zero-order valence-corrected chi connectivity index (χ0v) is 17.4. The van der Waals surface area contributed by atoms with E-state index >= 15 is 0 Å². The van der Waals surface area contributed by atoms with Gasteiger partial charge in [-0.1, -0.05) is 27.7 Å². The fourth-order valence-electron chi connectivity index (χ4n) is 6.38. The molecule has 4 aliphatic carbocycles. The molecule has 4 nitrogen and oxygen atoms in total. The maximum absolute atomic E-state index is 12.8. The average molecular weight is 363 g/mol. The van der Waals surface area contributed by atoms with Gasteiger partial charge in [-0.2, -0.15) is 0 Å². The van der Waals surface area contributed by atoms with Crippen LogP contribution in [0.3, 0.4) is 0 Å². The summed E-state index contributed by atoms with van der Waals surface area (Å²) in [5.41, 5.74) is 0.242. The van der Waals surface area contributed by atoms with Gasteiger partial charge in [-0.25, -0.2) is 0 Å². The van der Waals surface area contributed by atoms with Crippen molar-refractivity contribution >= 4 is 11.8 Å². The Kier molecular flexibility index (Phi) is 5.69. The molecule has 0 aromatic rings. The van der Waals surface area contributed by atoms with Crippen LogP contribution in [0.25, 0.3) is 0 Å². The first kappa shape index (κ1) is 19.7. The normalized spacial score (nSPS) is 33.6. The van der Waals surface area contributed by atoms with E-state index in [-0.39, 0.29) is 17.4 Å². The molecule has 0 aliphatic heterocycles. The fourth-order valence-corrected chi connectivity index (χ4v) is 6.38. The largest absolute Gasteiger partial charge is 0.345 e. The average Bonchev–Trinajstić information content (AvgIpc) is 2.51. The van der Waals surface area contributed by atoms with Crippen LogP contribution in [0, 0.1) is 35.0 Å². The lowest BCUT2D eigenvalue weighted by Crippen LogP contribution is -2.57. The molecule has 0 heterocycles. The Morgan fingerprint density at radius 3 is 1.69 bits per heavy atom. The zero-order valence-electron chi connectivity index (χ0n) is 17.4. The van der Waals surface area contributed by atoms with Crippen molar-refractivity contribution in [2.75, 3.05) is 13.1 Å². The summed E-state index contributed by atoms with van der Waals surface area (Å²) < 4.78 is 0. The first-order chi connectivity index (χ1) is 12.2. The predicted octanol–water partition coefficient (Wildman–Crippen LogP) is 3.85. The second-order valence-electron chi connectivity index (χ2n) is 10.5. The topological polar surface area (TPSA) is 49.4 Å². The van der Waals surface area contributed by atoms with Crippen LogP contribution in [0.1, 0.15) is 73.1 Å². The monoisotopic (exact) mass is 362 g/mol. The molecule has 4 fully saturated rings. The van der Waals surface area contributed by atoms with Gasteiger partial charge < -0.3 is 10.2 Å². The molecule has 4 rings (SSSR count). The van der Waals surface area contributed by atoms with Gasteiger partial charge in [-0.05, 0) is 80.5 Å². The molecule has 0 radical (unpaired) electrons. The Hall–Kier alpha value is -1.06. The van der Waals surface area contributed by atoms with Crippen LogP contribution in [0.15, 0.2) is 0 Å². The first-order valence-electron chi connectivity index (χ1n) is 10.8. The van der Waals surface area contributed by atoms with E-state index < -0.39 is 5.91 Å². The smallest absolute Gasteiger partial charge is 0.311 e. The number of hydrogen-bond acceptors (Lipinski definition) is 2. The molecule has 4 saturated carbocycles. The van der Waals surface area contributed by atoms with Crippen LogP contribution in [-0.2, 0) is 9.59 Å². The van der Waals surface area contributed by atoms with Crippen molar-refractivity contribution in [3.05, 3.63) is 0 Å². The van der Waals surface area contributed by atoms with Crippen molar-refractivity contribution < 1.29 is 9.59 Å². The Labute approximate surface area is 159 Å². The van der Waals surface area contributed by atoms with E-state index in [9.17, 15) is 9.59 Å². The standard InChI is InChI=1S/C22H38N2O2/c1-14(2)12-24(13-15(3)4)21(26)20(25)23-16(5)22-9-17-6-18(10-22)8-19(7-17)11-22/h14-19H,6-13H2,1-5H3,(H,23,25). The molecule has 4 heteroatoms. The Bertz CT molecular complexity index is 495. The molecule has 0 aromatic heterocycles. The molecule has 2 amide bonds. The molecule has 0 aromatic carbocycles. The molecular weight excluding hydrogens is 324 g/mol. The molecule has 1 unspecified atom stereocenters. The highest BCUT2D eigenvalue weighted by molar-refractivity contribution is 6.35. The summed E-state index contributed by atoms with van der Waals surface area (Å²) >= 11 is 0. The number of hydrogen-bond donors (Lipinski definition) is 1. The molecule has 148 valence electrons. The van der Waals surface area contributed by atoms with Gasteiger partial charge >= 0.3 is 11.8 Å². The molecular formula is C22H38N2O2. The van der Waals surface area contributed by atoms with E-state index in [1.807, 2.05) is 0 Å². The molecule has 0 saturated heterocycles. The van der Waals surface area contributed by atoms with Crippen molar-refractivity contribution in [3.8, 4) is 0 Å². The van der Waals surface area contributed by atoms with Gasteiger partial charge in [0.1, 0.15) is 0 Å². The molecule has 4 bridgehead atoms. The molecule has 1 N–H and O–H groups in total. The van der Waals surface area contributed by atoms with Crippen LogP contribution in [0.2, 0.25) is 0 Å². The molecule has 1 atom stereocenters. The highest BCUT2D eigenvalue weighted by Crippen LogP contribution is 2.61. The maximum atomic E-state index is 12.8. The maximum Gasteiger partial charge on any atom is 0.311 e. The fraction of sp³-hybridized carbons (Fsp3) is 0.909. The van der Waals surface area contributed by atoms with Crippen LogP contribution < -0.4 is 5.32 Å². The highest BCUT2D eigenvalue weighted by Gasteiger charge is 2.53. The lowest BCUT2D eigenvalue weighted by molar-refractivity contribution is -0.148. The van der Waals surface area contributed by atoms with E-state index in [1.165, 1.54) is 38.5 Å². The molecule has 4 aliphatic rings. The summed E-state index contributed by atoms with van der Waals surface area (Å²) in [5, 5.41) is 3.13. The van der Waals surface area contributed by atoms with Crippen molar-refractivity contribution in [3.63, 3.8) is 0 Å². The Balaban J connectivity index is 1.63. The number of carbonyl (C=O) groups excluding carboxylic acids is 2. The van der Waals surface area contributed by atoms with E-state index in [1.54, 1.807) is 4.90 Å². The summed E-state index contributed by atoms with van der Waals surface area (Å²) in [4.78, 5) is 27.3. The van der Waals surface area contributed by atoms with E-state index in [4.69, 9.17) is 0 Å². The first-order valence-corrected chi connectivity index (χ1v) is 10.8. The summed E-state index contributed by atoms with van der Waals surface area (Å²) in [7, 11) is 0. The van der Waals surface area contributed by atoms with Crippen molar-refractivity contribution in [1.29, 1.82) is 0 Å². The van der Waals surface area contributed by atoms with Crippen molar-refractivity contribution in [1.82, 2.24) is 10.2 Å². The number of nitrogens with zero attached hydrogens (tertiary/aromatic N) is 1. The quantitative estimate of drug-likeness (QED) is 0.730. The van der Waals surface area contributed by atoms with Gasteiger partial charge in [-0.3, -0.25) is 9.59 Å². The van der Waals surface area contributed by atoms with E-state index in [0.717, 1.165) is 17.8 Å². The lowest BCUT2D eigenvalue weighted by Gasteiger charge is -2.59. The van der Waals surface area contributed by atoms with Gasteiger partial charge in [-0.15, -0.1) is 0 Å². The van der Waals surface area contributed by atoms with Crippen molar-refractivity contribution in [2.45, 2.75) is 79.2 Å².